The Morgan fingerprint density at radius 1 is 1.18 bits per heavy atom. The first-order chi connectivity index (χ1) is 10.6. The van der Waals surface area contributed by atoms with Crippen LogP contribution in [0.1, 0.15) is 49.0 Å². The van der Waals surface area contributed by atoms with Crippen LogP contribution < -0.4 is 10.6 Å². The summed E-state index contributed by atoms with van der Waals surface area (Å²) in [6.45, 7) is 6.95. The molecule has 0 spiro atoms. The molecule has 0 aliphatic carbocycles. The van der Waals surface area contributed by atoms with E-state index < -0.39 is 0 Å². The lowest BCUT2D eigenvalue weighted by Crippen LogP contribution is -2.24. The van der Waals surface area contributed by atoms with Crippen LogP contribution >= 0.6 is 0 Å². The molecule has 0 unspecified atom stereocenters. The maximum absolute atomic E-state index is 11.8. The molecule has 116 valence electrons. The Hall–Kier alpha value is -2.43. The molecule has 2 rings (SSSR count). The van der Waals surface area contributed by atoms with Gasteiger partial charge in [0, 0.05) is 24.6 Å². The second-order valence-electron chi connectivity index (χ2n) is 5.42. The van der Waals surface area contributed by atoms with Crippen LogP contribution in [0.5, 0.6) is 0 Å². The molecule has 2 aromatic rings. The standard InChI is InChI=1S/C17H22N4O/c1-4-9-18-16(22)13-10-19-17(20-11-13)21-15-8-6-5-7-14(15)12(2)3/h5-8,10-12H,4,9H2,1-3H3,(H,18,22)(H,19,20,21). The molecule has 1 amide bonds. The number of rotatable bonds is 6. The minimum Gasteiger partial charge on any atom is -0.352 e. The van der Waals surface area contributed by atoms with Crippen molar-refractivity contribution in [3.8, 4) is 0 Å². The first-order valence-electron chi connectivity index (χ1n) is 7.58. The van der Waals surface area contributed by atoms with Crippen molar-refractivity contribution in [3.63, 3.8) is 0 Å². The number of amides is 1. The van der Waals surface area contributed by atoms with Crippen LogP contribution in [0.15, 0.2) is 36.7 Å². The van der Waals surface area contributed by atoms with Gasteiger partial charge >= 0.3 is 0 Å². The second-order valence-corrected chi connectivity index (χ2v) is 5.42. The van der Waals surface area contributed by atoms with Gasteiger partial charge in [-0.3, -0.25) is 4.79 Å². The molecule has 0 atom stereocenters. The van der Waals surface area contributed by atoms with Crippen molar-refractivity contribution in [1.29, 1.82) is 0 Å². The number of carbonyl (C=O) groups is 1. The fraction of sp³-hybridized carbons (Fsp3) is 0.353. The van der Waals surface area contributed by atoms with Crippen molar-refractivity contribution in [2.75, 3.05) is 11.9 Å². The highest BCUT2D eigenvalue weighted by Crippen LogP contribution is 2.25. The van der Waals surface area contributed by atoms with E-state index >= 15 is 0 Å². The molecule has 0 radical (unpaired) electrons. The summed E-state index contributed by atoms with van der Waals surface area (Å²) in [7, 11) is 0. The molecule has 1 heterocycles. The van der Waals surface area contributed by atoms with Crippen LogP contribution in [-0.4, -0.2) is 22.4 Å². The summed E-state index contributed by atoms with van der Waals surface area (Å²) in [5.41, 5.74) is 2.66. The number of anilines is 2. The number of benzene rings is 1. The predicted octanol–water partition coefficient (Wildman–Crippen LogP) is 3.48. The summed E-state index contributed by atoms with van der Waals surface area (Å²) in [6, 6.07) is 8.07. The first-order valence-corrected chi connectivity index (χ1v) is 7.58. The highest BCUT2D eigenvalue weighted by atomic mass is 16.1. The van der Waals surface area contributed by atoms with E-state index in [0.29, 0.717) is 24.0 Å². The highest BCUT2D eigenvalue weighted by Gasteiger charge is 2.09. The third kappa shape index (κ3) is 4.04. The summed E-state index contributed by atoms with van der Waals surface area (Å²) in [6.07, 6.45) is 3.98. The molecule has 0 bridgehead atoms. The topological polar surface area (TPSA) is 66.9 Å². The molecule has 5 heteroatoms. The predicted molar refractivity (Wildman–Crippen MR) is 88.5 cm³/mol. The number of nitrogens with one attached hydrogen (secondary N) is 2. The molecule has 1 aromatic carbocycles. The van der Waals surface area contributed by atoms with Crippen LogP contribution in [0, 0.1) is 0 Å². The minimum absolute atomic E-state index is 0.143. The van der Waals surface area contributed by atoms with Gasteiger partial charge in [0.25, 0.3) is 5.91 Å². The van der Waals surface area contributed by atoms with Gasteiger partial charge in [0.05, 0.1) is 5.56 Å². The summed E-state index contributed by atoms with van der Waals surface area (Å²) in [4.78, 5) is 20.2. The molecule has 0 saturated carbocycles. The zero-order chi connectivity index (χ0) is 15.9. The average Bonchev–Trinajstić information content (AvgIpc) is 2.53. The summed E-state index contributed by atoms with van der Waals surface area (Å²) in [5.74, 6) is 0.749. The highest BCUT2D eigenvalue weighted by molar-refractivity contribution is 5.93. The Morgan fingerprint density at radius 2 is 1.86 bits per heavy atom. The smallest absolute Gasteiger partial charge is 0.254 e. The Balaban J connectivity index is 2.10. The number of carbonyl (C=O) groups excluding carboxylic acids is 1. The van der Waals surface area contributed by atoms with E-state index in [2.05, 4.69) is 40.5 Å². The Bertz CT molecular complexity index is 623. The molecule has 0 fully saturated rings. The molecular weight excluding hydrogens is 276 g/mol. The van der Waals surface area contributed by atoms with Gasteiger partial charge < -0.3 is 10.6 Å². The van der Waals surface area contributed by atoms with Crippen LogP contribution in [0.25, 0.3) is 0 Å². The van der Waals surface area contributed by atoms with Crippen molar-refractivity contribution < 1.29 is 4.79 Å². The van der Waals surface area contributed by atoms with Crippen LogP contribution in [-0.2, 0) is 0 Å². The van der Waals surface area contributed by atoms with E-state index in [0.717, 1.165) is 12.1 Å². The molecular formula is C17H22N4O. The lowest BCUT2D eigenvalue weighted by Gasteiger charge is -2.13. The molecule has 0 aliphatic rings. The molecule has 1 aromatic heterocycles. The first kappa shape index (κ1) is 15.9. The van der Waals surface area contributed by atoms with E-state index in [4.69, 9.17) is 0 Å². The lowest BCUT2D eigenvalue weighted by atomic mass is 10.0. The Labute approximate surface area is 131 Å². The van der Waals surface area contributed by atoms with Crippen molar-refractivity contribution in [3.05, 3.63) is 47.8 Å². The van der Waals surface area contributed by atoms with Gasteiger partial charge in [-0.2, -0.15) is 0 Å². The van der Waals surface area contributed by atoms with Crippen molar-refractivity contribution >= 4 is 17.5 Å². The average molecular weight is 298 g/mol. The van der Waals surface area contributed by atoms with E-state index in [-0.39, 0.29) is 5.91 Å². The van der Waals surface area contributed by atoms with E-state index in [1.807, 2.05) is 25.1 Å². The molecule has 2 N–H and O–H groups in total. The molecule has 5 nitrogen and oxygen atoms in total. The number of hydrogen-bond acceptors (Lipinski definition) is 4. The number of nitrogens with zero attached hydrogens (tertiary/aromatic N) is 2. The molecule has 0 aliphatic heterocycles. The van der Waals surface area contributed by atoms with Crippen molar-refractivity contribution in [1.82, 2.24) is 15.3 Å². The van der Waals surface area contributed by atoms with Crippen LogP contribution in [0.2, 0.25) is 0 Å². The van der Waals surface area contributed by atoms with Crippen LogP contribution in [0.4, 0.5) is 11.6 Å². The summed E-state index contributed by atoms with van der Waals surface area (Å²) >= 11 is 0. The zero-order valence-electron chi connectivity index (χ0n) is 13.3. The quantitative estimate of drug-likeness (QED) is 0.856. The summed E-state index contributed by atoms with van der Waals surface area (Å²) < 4.78 is 0. The van der Waals surface area contributed by atoms with Crippen LogP contribution in [0.3, 0.4) is 0 Å². The van der Waals surface area contributed by atoms with E-state index in [9.17, 15) is 4.79 Å². The van der Waals surface area contributed by atoms with E-state index in [1.165, 1.54) is 18.0 Å². The normalized spacial score (nSPS) is 10.5. The minimum atomic E-state index is -0.143. The maximum atomic E-state index is 11.8. The Morgan fingerprint density at radius 3 is 2.50 bits per heavy atom. The third-order valence-electron chi connectivity index (χ3n) is 3.28. The zero-order valence-corrected chi connectivity index (χ0v) is 13.3. The van der Waals surface area contributed by atoms with Gasteiger partial charge in [0.15, 0.2) is 0 Å². The maximum Gasteiger partial charge on any atom is 0.254 e. The molecule has 22 heavy (non-hydrogen) atoms. The number of para-hydroxylation sites is 1. The van der Waals surface area contributed by atoms with Gasteiger partial charge in [-0.1, -0.05) is 39.0 Å². The van der Waals surface area contributed by atoms with Gasteiger partial charge in [0.2, 0.25) is 5.95 Å². The van der Waals surface area contributed by atoms with Crippen molar-refractivity contribution in [2.45, 2.75) is 33.1 Å². The monoisotopic (exact) mass is 298 g/mol. The number of hydrogen-bond donors (Lipinski definition) is 2. The largest absolute Gasteiger partial charge is 0.352 e. The fourth-order valence-corrected chi connectivity index (χ4v) is 2.09. The molecule has 0 saturated heterocycles. The van der Waals surface area contributed by atoms with Crippen molar-refractivity contribution in [2.24, 2.45) is 0 Å². The van der Waals surface area contributed by atoms with Gasteiger partial charge in [-0.05, 0) is 24.0 Å². The lowest BCUT2D eigenvalue weighted by molar-refractivity contribution is 0.0953. The fourth-order valence-electron chi connectivity index (χ4n) is 2.09. The summed E-state index contributed by atoms with van der Waals surface area (Å²) in [5, 5.41) is 6.01. The van der Waals surface area contributed by atoms with E-state index in [1.54, 1.807) is 0 Å². The Kier molecular flexibility index (Phi) is 5.47. The SMILES string of the molecule is CCCNC(=O)c1cnc(Nc2ccccc2C(C)C)nc1. The number of aromatic nitrogens is 2. The second kappa shape index (κ2) is 7.54. The van der Waals surface area contributed by atoms with Gasteiger partial charge in [0.1, 0.15) is 0 Å². The van der Waals surface area contributed by atoms with Gasteiger partial charge in [-0.15, -0.1) is 0 Å². The third-order valence-corrected chi connectivity index (χ3v) is 3.28. The van der Waals surface area contributed by atoms with Gasteiger partial charge in [-0.25, -0.2) is 9.97 Å².